The molecule has 0 aliphatic rings. The van der Waals surface area contributed by atoms with Crippen molar-refractivity contribution in [2.75, 3.05) is 0 Å². The highest BCUT2D eigenvalue weighted by Crippen LogP contribution is 2.25. The molecular formula is C14H16BrFO. The third-order valence-electron chi connectivity index (χ3n) is 2.94. The molecule has 0 saturated heterocycles. The first-order chi connectivity index (χ1) is 8.08. The lowest BCUT2D eigenvalue weighted by atomic mass is 10.1. The van der Waals surface area contributed by atoms with Crippen molar-refractivity contribution < 1.29 is 8.81 Å². The molecule has 92 valence electrons. The van der Waals surface area contributed by atoms with Crippen LogP contribution in [-0.2, 0) is 6.42 Å². The number of furan rings is 1. The van der Waals surface area contributed by atoms with E-state index in [2.05, 4.69) is 29.8 Å². The number of rotatable bonds is 4. The quantitative estimate of drug-likeness (QED) is 0.730. The van der Waals surface area contributed by atoms with E-state index in [0.717, 1.165) is 24.0 Å². The number of hydrogen-bond acceptors (Lipinski definition) is 1. The Morgan fingerprint density at radius 3 is 2.76 bits per heavy atom. The fraction of sp³-hybridized carbons (Fsp3) is 0.429. The number of hydrogen-bond donors (Lipinski definition) is 0. The minimum absolute atomic E-state index is 0.284. The largest absolute Gasteiger partial charge is 0.458 e. The van der Waals surface area contributed by atoms with E-state index < -0.39 is 0 Å². The monoisotopic (exact) mass is 298 g/mol. The Morgan fingerprint density at radius 2 is 2.12 bits per heavy atom. The van der Waals surface area contributed by atoms with Crippen LogP contribution in [0.5, 0.6) is 0 Å². The summed E-state index contributed by atoms with van der Waals surface area (Å²) in [5.74, 6) is 1.17. The van der Waals surface area contributed by atoms with Gasteiger partial charge in [0.15, 0.2) is 11.4 Å². The van der Waals surface area contributed by atoms with Gasteiger partial charge in [-0.15, -0.1) is 0 Å². The summed E-state index contributed by atoms with van der Waals surface area (Å²) in [5.41, 5.74) is 0.373. The van der Waals surface area contributed by atoms with Crippen molar-refractivity contribution in [1.82, 2.24) is 0 Å². The molecule has 0 bridgehead atoms. The van der Waals surface area contributed by atoms with E-state index in [-0.39, 0.29) is 5.82 Å². The van der Waals surface area contributed by atoms with Gasteiger partial charge in [-0.3, -0.25) is 0 Å². The maximum absolute atomic E-state index is 13.4. The van der Waals surface area contributed by atoms with Gasteiger partial charge in [0.2, 0.25) is 0 Å². The molecule has 17 heavy (non-hydrogen) atoms. The minimum atomic E-state index is -0.284. The van der Waals surface area contributed by atoms with E-state index >= 15 is 0 Å². The normalized spacial score (nSPS) is 13.5. The predicted molar refractivity (Wildman–Crippen MR) is 72.0 cm³/mol. The number of aryl methyl sites for hydroxylation is 1. The number of halogens is 2. The summed E-state index contributed by atoms with van der Waals surface area (Å²) in [5, 5.41) is 0.843. The van der Waals surface area contributed by atoms with Crippen LogP contribution in [0.25, 0.3) is 11.0 Å². The van der Waals surface area contributed by atoms with Gasteiger partial charge in [0, 0.05) is 16.6 Å². The van der Waals surface area contributed by atoms with Crippen LogP contribution < -0.4 is 0 Å². The smallest absolute Gasteiger partial charge is 0.169 e. The lowest BCUT2D eigenvalue weighted by Crippen LogP contribution is -2.07. The summed E-state index contributed by atoms with van der Waals surface area (Å²) in [6, 6.07) is 6.94. The second kappa shape index (κ2) is 5.21. The minimum Gasteiger partial charge on any atom is -0.458 e. The molecule has 1 nitrogen and oxygen atoms in total. The fourth-order valence-electron chi connectivity index (χ4n) is 1.82. The van der Waals surface area contributed by atoms with Crippen molar-refractivity contribution >= 4 is 26.9 Å². The van der Waals surface area contributed by atoms with Crippen LogP contribution in [0.4, 0.5) is 4.39 Å². The third kappa shape index (κ3) is 2.89. The van der Waals surface area contributed by atoms with Gasteiger partial charge in [0.05, 0.1) is 0 Å². The summed E-state index contributed by atoms with van der Waals surface area (Å²) in [6.07, 6.45) is 1.83. The van der Waals surface area contributed by atoms with Crippen molar-refractivity contribution in [2.24, 2.45) is 5.92 Å². The molecule has 0 aliphatic heterocycles. The zero-order chi connectivity index (χ0) is 12.4. The van der Waals surface area contributed by atoms with Crippen molar-refractivity contribution in [3.63, 3.8) is 0 Å². The second-order valence-corrected chi connectivity index (χ2v) is 5.85. The molecule has 1 atom stereocenters. The van der Waals surface area contributed by atoms with Gasteiger partial charge in [0.1, 0.15) is 5.76 Å². The fourth-order valence-corrected chi connectivity index (χ4v) is 2.05. The van der Waals surface area contributed by atoms with Crippen LogP contribution in [0.2, 0.25) is 0 Å². The van der Waals surface area contributed by atoms with Crippen molar-refractivity contribution in [3.8, 4) is 0 Å². The van der Waals surface area contributed by atoms with Crippen LogP contribution in [0.15, 0.2) is 28.7 Å². The highest BCUT2D eigenvalue weighted by molar-refractivity contribution is 9.09. The Labute approximate surface area is 109 Å². The molecule has 0 radical (unpaired) electrons. The van der Waals surface area contributed by atoms with Crippen molar-refractivity contribution in [3.05, 3.63) is 35.8 Å². The van der Waals surface area contributed by atoms with Gasteiger partial charge < -0.3 is 4.42 Å². The molecular weight excluding hydrogens is 283 g/mol. The summed E-state index contributed by atoms with van der Waals surface area (Å²) >= 11 is 3.64. The standard InChI is InChI=1S/C14H16BrFO/c1-9(2)12(15)7-6-11-8-10-4-3-5-13(16)14(10)17-11/h3-5,8-9,12H,6-7H2,1-2H3. The molecule has 1 heterocycles. The first-order valence-electron chi connectivity index (χ1n) is 5.89. The Morgan fingerprint density at radius 1 is 1.35 bits per heavy atom. The average Bonchev–Trinajstić information content (AvgIpc) is 2.70. The van der Waals surface area contributed by atoms with E-state index in [4.69, 9.17) is 4.42 Å². The number of fused-ring (bicyclic) bond motifs is 1. The van der Waals surface area contributed by atoms with Crippen LogP contribution in [0, 0.1) is 11.7 Å². The first kappa shape index (κ1) is 12.6. The summed E-state index contributed by atoms with van der Waals surface area (Å²) < 4.78 is 19.0. The predicted octanol–water partition coefficient (Wildman–Crippen LogP) is 4.92. The number of para-hydroxylation sites is 1. The molecule has 1 aromatic heterocycles. The van der Waals surface area contributed by atoms with Gasteiger partial charge in [-0.25, -0.2) is 4.39 Å². The highest BCUT2D eigenvalue weighted by Gasteiger charge is 2.12. The molecule has 0 amide bonds. The van der Waals surface area contributed by atoms with Gasteiger partial charge in [0.25, 0.3) is 0 Å². The van der Waals surface area contributed by atoms with Gasteiger partial charge in [-0.2, -0.15) is 0 Å². The molecule has 0 spiro atoms. The third-order valence-corrected chi connectivity index (χ3v) is 4.45. The van der Waals surface area contributed by atoms with Crippen LogP contribution in [0.3, 0.4) is 0 Å². The highest BCUT2D eigenvalue weighted by atomic mass is 79.9. The van der Waals surface area contributed by atoms with E-state index in [9.17, 15) is 4.39 Å². The Bertz CT molecular complexity index is 504. The van der Waals surface area contributed by atoms with Crippen LogP contribution >= 0.6 is 15.9 Å². The summed E-state index contributed by atoms with van der Waals surface area (Å²) in [7, 11) is 0. The van der Waals surface area contributed by atoms with Crippen LogP contribution in [-0.4, -0.2) is 4.83 Å². The zero-order valence-corrected chi connectivity index (χ0v) is 11.6. The molecule has 1 unspecified atom stereocenters. The van der Waals surface area contributed by atoms with E-state index in [1.54, 1.807) is 6.07 Å². The van der Waals surface area contributed by atoms with E-state index in [1.165, 1.54) is 6.07 Å². The average molecular weight is 299 g/mol. The SMILES string of the molecule is CC(C)C(Br)CCc1cc2cccc(F)c2o1. The van der Waals surface area contributed by atoms with E-state index in [0.29, 0.717) is 16.3 Å². The second-order valence-electron chi connectivity index (χ2n) is 4.67. The van der Waals surface area contributed by atoms with Gasteiger partial charge in [-0.05, 0) is 24.5 Å². The Hall–Kier alpha value is -0.830. The number of alkyl halides is 1. The van der Waals surface area contributed by atoms with Crippen LogP contribution in [0.1, 0.15) is 26.0 Å². The first-order valence-corrected chi connectivity index (χ1v) is 6.80. The Kier molecular flexibility index (Phi) is 3.87. The molecule has 2 rings (SSSR count). The lowest BCUT2D eigenvalue weighted by molar-refractivity contribution is 0.496. The van der Waals surface area contributed by atoms with Gasteiger partial charge in [-0.1, -0.05) is 41.9 Å². The maximum atomic E-state index is 13.4. The van der Waals surface area contributed by atoms with Gasteiger partial charge >= 0.3 is 0 Å². The lowest BCUT2D eigenvalue weighted by Gasteiger charge is -2.11. The molecule has 1 aromatic carbocycles. The van der Waals surface area contributed by atoms with Crippen molar-refractivity contribution in [2.45, 2.75) is 31.5 Å². The molecule has 0 N–H and O–H groups in total. The zero-order valence-electron chi connectivity index (χ0n) is 10.0. The maximum Gasteiger partial charge on any atom is 0.169 e. The summed E-state index contributed by atoms with van der Waals surface area (Å²) in [4.78, 5) is 0.473. The van der Waals surface area contributed by atoms with Crippen molar-refractivity contribution in [1.29, 1.82) is 0 Å². The number of benzene rings is 1. The molecule has 0 fully saturated rings. The molecule has 2 aromatic rings. The Balaban J connectivity index is 2.12. The molecule has 0 aliphatic carbocycles. The summed E-state index contributed by atoms with van der Waals surface area (Å²) in [6.45, 7) is 4.36. The topological polar surface area (TPSA) is 13.1 Å². The molecule has 3 heteroatoms. The molecule has 0 saturated carbocycles. The van der Waals surface area contributed by atoms with E-state index in [1.807, 2.05) is 12.1 Å².